The topological polar surface area (TPSA) is 44.4 Å². The number of likely N-dealkylation sites (N-methyl/N-ethyl adjacent to an activating group) is 1. The molecule has 2 rings (SSSR count). The Morgan fingerprint density at radius 3 is 3.21 bits per heavy atom. The average Bonchev–Trinajstić information content (AvgIpc) is 2.90. The minimum atomic E-state index is 0.0953. The van der Waals surface area contributed by atoms with Crippen LogP contribution in [-0.4, -0.2) is 44.0 Å². The summed E-state index contributed by atoms with van der Waals surface area (Å²) in [4.78, 5) is 15.4. The summed E-state index contributed by atoms with van der Waals surface area (Å²) in [6.07, 6.45) is 2.46. The summed E-state index contributed by atoms with van der Waals surface area (Å²) in [6, 6.07) is 4.31. The Hall–Kier alpha value is -0.910. The minimum absolute atomic E-state index is 0.0953. The summed E-state index contributed by atoms with van der Waals surface area (Å²) in [5.74, 6) is 0.687. The molecule has 1 saturated heterocycles. The third kappa shape index (κ3) is 4.93. The maximum absolute atomic E-state index is 11.4. The molecule has 0 aromatic carbocycles. The van der Waals surface area contributed by atoms with E-state index in [1.807, 2.05) is 11.3 Å². The van der Waals surface area contributed by atoms with Crippen LogP contribution >= 0.6 is 11.3 Å². The number of likely N-dealkylation sites (tertiary alicyclic amines) is 1. The van der Waals surface area contributed by atoms with Gasteiger partial charge in [-0.2, -0.15) is 0 Å². The number of carbonyl (C=O) groups is 1. The third-order valence-electron chi connectivity index (χ3n) is 3.49. The van der Waals surface area contributed by atoms with E-state index < -0.39 is 0 Å². The molecule has 0 aliphatic carbocycles. The van der Waals surface area contributed by atoms with Crippen LogP contribution in [0.5, 0.6) is 0 Å². The second kappa shape index (κ2) is 7.62. The molecule has 0 spiro atoms. The predicted octanol–water partition coefficient (Wildman–Crippen LogP) is 1.30. The van der Waals surface area contributed by atoms with E-state index in [0.717, 1.165) is 19.6 Å². The molecule has 5 heteroatoms. The van der Waals surface area contributed by atoms with Gasteiger partial charge in [0.15, 0.2) is 0 Å². The highest BCUT2D eigenvalue weighted by atomic mass is 32.1. The number of carbonyl (C=O) groups excluding carboxylic acids is 1. The number of hydrogen-bond donors (Lipinski definition) is 2. The van der Waals surface area contributed by atoms with Crippen molar-refractivity contribution in [3.05, 3.63) is 22.4 Å². The monoisotopic (exact) mass is 281 g/mol. The zero-order valence-corrected chi connectivity index (χ0v) is 12.3. The number of amides is 1. The molecule has 1 aliphatic heterocycles. The zero-order chi connectivity index (χ0) is 13.5. The van der Waals surface area contributed by atoms with Crippen LogP contribution in [0.15, 0.2) is 17.5 Å². The van der Waals surface area contributed by atoms with Crippen LogP contribution in [0.3, 0.4) is 0 Å². The number of piperidine rings is 1. The highest BCUT2D eigenvalue weighted by Gasteiger charge is 2.20. The lowest BCUT2D eigenvalue weighted by atomic mass is 9.98. The van der Waals surface area contributed by atoms with E-state index >= 15 is 0 Å². The highest BCUT2D eigenvalue weighted by Crippen LogP contribution is 2.19. The summed E-state index contributed by atoms with van der Waals surface area (Å²) in [5, 5.41) is 8.01. The second-order valence-corrected chi connectivity index (χ2v) is 6.19. The lowest BCUT2D eigenvalue weighted by molar-refractivity contribution is -0.120. The fourth-order valence-electron chi connectivity index (χ4n) is 2.57. The largest absolute Gasteiger partial charge is 0.355 e. The Morgan fingerprint density at radius 1 is 1.58 bits per heavy atom. The van der Waals surface area contributed by atoms with E-state index in [1.165, 1.54) is 24.3 Å². The molecular weight excluding hydrogens is 258 g/mol. The lowest BCUT2D eigenvalue weighted by Crippen LogP contribution is -2.42. The van der Waals surface area contributed by atoms with Gasteiger partial charge in [0.1, 0.15) is 0 Å². The van der Waals surface area contributed by atoms with Gasteiger partial charge in [0.25, 0.3) is 0 Å². The fourth-order valence-corrected chi connectivity index (χ4v) is 3.31. The van der Waals surface area contributed by atoms with Crippen molar-refractivity contribution in [1.29, 1.82) is 0 Å². The van der Waals surface area contributed by atoms with Gasteiger partial charge in [0, 0.05) is 24.5 Å². The molecule has 1 unspecified atom stereocenters. The number of thiophene rings is 1. The standard InChI is InChI=1S/C14H23N3OS/c1-15-9-14(18)16-8-12-4-2-6-17(10-12)11-13-5-3-7-19-13/h3,5,7,12,15H,2,4,6,8-11H2,1H3,(H,16,18). The molecule has 2 N–H and O–H groups in total. The van der Waals surface area contributed by atoms with E-state index in [0.29, 0.717) is 12.5 Å². The van der Waals surface area contributed by atoms with Gasteiger partial charge in [-0.15, -0.1) is 11.3 Å². The van der Waals surface area contributed by atoms with Gasteiger partial charge in [-0.3, -0.25) is 9.69 Å². The van der Waals surface area contributed by atoms with E-state index in [-0.39, 0.29) is 5.91 Å². The van der Waals surface area contributed by atoms with Crippen molar-refractivity contribution in [3.63, 3.8) is 0 Å². The maximum Gasteiger partial charge on any atom is 0.233 e. The van der Waals surface area contributed by atoms with Crippen molar-refractivity contribution >= 4 is 17.2 Å². The fraction of sp³-hybridized carbons (Fsp3) is 0.643. The molecule has 1 fully saturated rings. The Bertz CT molecular complexity index is 380. The zero-order valence-electron chi connectivity index (χ0n) is 11.5. The first-order valence-corrected chi connectivity index (χ1v) is 7.82. The second-order valence-electron chi connectivity index (χ2n) is 5.16. The van der Waals surface area contributed by atoms with Gasteiger partial charge >= 0.3 is 0 Å². The Balaban J connectivity index is 1.72. The van der Waals surface area contributed by atoms with Gasteiger partial charge in [-0.05, 0) is 43.8 Å². The molecule has 1 aromatic heterocycles. The van der Waals surface area contributed by atoms with Gasteiger partial charge in [0.05, 0.1) is 6.54 Å². The van der Waals surface area contributed by atoms with Crippen molar-refractivity contribution in [3.8, 4) is 0 Å². The van der Waals surface area contributed by atoms with E-state index in [2.05, 4.69) is 33.0 Å². The van der Waals surface area contributed by atoms with Gasteiger partial charge in [0.2, 0.25) is 5.91 Å². The number of hydrogen-bond acceptors (Lipinski definition) is 4. The first kappa shape index (κ1) is 14.5. The minimum Gasteiger partial charge on any atom is -0.355 e. The summed E-state index contributed by atoms with van der Waals surface area (Å²) in [7, 11) is 1.79. The molecule has 1 amide bonds. The van der Waals surface area contributed by atoms with E-state index in [4.69, 9.17) is 0 Å². The molecule has 0 bridgehead atoms. The van der Waals surface area contributed by atoms with Crippen molar-refractivity contribution in [2.45, 2.75) is 19.4 Å². The molecule has 106 valence electrons. The molecular formula is C14H23N3OS. The van der Waals surface area contributed by atoms with Gasteiger partial charge in [-0.1, -0.05) is 6.07 Å². The number of rotatable bonds is 6. The quantitative estimate of drug-likeness (QED) is 0.826. The number of nitrogens with zero attached hydrogens (tertiary/aromatic N) is 1. The number of nitrogens with one attached hydrogen (secondary N) is 2. The van der Waals surface area contributed by atoms with Crippen LogP contribution in [0.25, 0.3) is 0 Å². The summed E-state index contributed by atoms with van der Waals surface area (Å²) < 4.78 is 0. The third-order valence-corrected chi connectivity index (χ3v) is 4.35. The van der Waals surface area contributed by atoms with Crippen molar-refractivity contribution in [2.75, 3.05) is 33.2 Å². The molecule has 1 atom stereocenters. The predicted molar refractivity (Wildman–Crippen MR) is 79.3 cm³/mol. The van der Waals surface area contributed by atoms with Crippen LogP contribution in [-0.2, 0) is 11.3 Å². The Morgan fingerprint density at radius 2 is 2.47 bits per heavy atom. The average molecular weight is 281 g/mol. The normalized spacial score (nSPS) is 20.4. The first-order valence-electron chi connectivity index (χ1n) is 6.94. The molecule has 1 aliphatic rings. The van der Waals surface area contributed by atoms with Crippen LogP contribution in [0.2, 0.25) is 0 Å². The smallest absolute Gasteiger partial charge is 0.233 e. The molecule has 1 aromatic rings. The molecule has 4 nitrogen and oxygen atoms in total. The molecule has 19 heavy (non-hydrogen) atoms. The van der Waals surface area contributed by atoms with Crippen molar-refractivity contribution in [2.24, 2.45) is 5.92 Å². The molecule has 2 heterocycles. The summed E-state index contributed by atoms with van der Waals surface area (Å²) in [5.41, 5.74) is 0. The molecule has 0 radical (unpaired) electrons. The van der Waals surface area contributed by atoms with Gasteiger partial charge < -0.3 is 10.6 Å². The Kier molecular flexibility index (Phi) is 5.82. The molecule has 0 saturated carbocycles. The maximum atomic E-state index is 11.4. The summed E-state index contributed by atoms with van der Waals surface area (Å²) >= 11 is 1.82. The Labute approximate surface area is 119 Å². The van der Waals surface area contributed by atoms with Gasteiger partial charge in [-0.25, -0.2) is 0 Å². The lowest BCUT2D eigenvalue weighted by Gasteiger charge is -2.32. The first-order chi connectivity index (χ1) is 9.28. The van der Waals surface area contributed by atoms with Crippen molar-refractivity contribution in [1.82, 2.24) is 15.5 Å². The summed E-state index contributed by atoms with van der Waals surface area (Å²) in [6.45, 7) is 4.54. The SMILES string of the molecule is CNCC(=O)NCC1CCCN(Cc2cccs2)C1. The van der Waals surface area contributed by atoms with Crippen LogP contribution in [0, 0.1) is 5.92 Å². The highest BCUT2D eigenvalue weighted by molar-refractivity contribution is 7.09. The van der Waals surface area contributed by atoms with Crippen LogP contribution < -0.4 is 10.6 Å². The van der Waals surface area contributed by atoms with Crippen LogP contribution in [0.1, 0.15) is 17.7 Å². The van der Waals surface area contributed by atoms with E-state index in [1.54, 1.807) is 7.05 Å². The van der Waals surface area contributed by atoms with Crippen LogP contribution in [0.4, 0.5) is 0 Å². The van der Waals surface area contributed by atoms with E-state index in [9.17, 15) is 4.79 Å². The van der Waals surface area contributed by atoms with Crippen molar-refractivity contribution < 1.29 is 4.79 Å².